The van der Waals surface area contributed by atoms with Gasteiger partial charge in [-0.05, 0) is 57.5 Å². The van der Waals surface area contributed by atoms with Crippen LogP contribution in [0, 0.1) is 11.7 Å². The number of hydrogen-bond acceptors (Lipinski definition) is 3. The molecule has 2 heterocycles. The maximum atomic E-state index is 13.6. The van der Waals surface area contributed by atoms with Gasteiger partial charge in [0.2, 0.25) is 5.91 Å². The van der Waals surface area contributed by atoms with Crippen molar-refractivity contribution in [3.63, 3.8) is 0 Å². The molecular weight excluding hydrogens is 376 g/mol. The topological polar surface area (TPSA) is 35.6 Å². The number of carbonyl (C=O) groups is 1. The Morgan fingerprint density at radius 1 is 1.19 bits per heavy atom. The summed E-state index contributed by atoms with van der Waals surface area (Å²) in [6, 6.07) is 7.13. The van der Waals surface area contributed by atoms with E-state index in [-0.39, 0.29) is 48.5 Å². The second-order valence-corrected chi connectivity index (χ2v) is 7.21. The van der Waals surface area contributed by atoms with E-state index in [9.17, 15) is 9.18 Å². The summed E-state index contributed by atoms with van der Waals surface area (Å²) < 4.78 is 13.6. The molecule has 0 radical (unpaired) electrons. The first-order valence-electron chi connectivity index (χ1n) is 9.07. The van der Waals surface area contributed by atoms with Gasteiger partial charge in [-0.3, -0.25) is 4.79 Å². The molecule has 0 bridgehead atoms. The smallest absolute Gasteiger partial charge is 0.226 e. The standard InChI is InChI=1S/C19H28FN3O.2ClH/c1-14(2)22-9-6-15(7-10-22)19(24)23-11-8-21-13-18(23)16-4-3-5-17(20)12-16;;/h3-5,12,14-15,18,21H,6-11,13H2,1-2H3;2*1H. The van der Waals surface area contributed by atoms with Crippen molar-refractivity contribution >= 4 is 30.7 Å². The number of rotatable bonds is 3. The Morgan fingerprint density at radius 3 is 2.50 bits per heavy atom. The van der Waals surface area contributed by atoms with E-state index in [2.05, 4.69) is 24.1 Å². The Hall–Kier alpha value is -0.880. The maximum Gasteiger partial charge on any atom is 0.226 e. The second-order valence-electron chi connectivity index (χ2n) is 7.21. The summed E-state index contributed by atoms with van der Waals surface area (Å²) in [5.41, 5.74) is 0.884. The molecule has 26 heavy (non-hydrogen) atoms. The largest absolute Gasteiger partial charge is 0.333 e. The highest BCUT2D eigenvalue weighted by Gasteiger charge is 2.34. The molecule has 0 spiro atoms. The van der Waals surface area contributed by atoms with Gasteiger partial charge in [0.1, 0.15) is 5.82 Å². The number of nitrogens with zero attached hydrogens (tertiary/aromatic N) is 2. The van der Waals surface area contributed by atoms with Crippen molar-refractivity contribution in [1.29, 1.82) is 0 Å². The van der Waals surface area contributed by atoms with Gasteiger partial charge < -0.3 is 15.1 Å². The molecule has 1 unspecified atom stereocenters. The van der Waals surface area contributed by atoms with E-state index >= 15 is 0 Å². The average Bonchev–Trinajstić information content (AvgIpc) is 2.61. The first kappa shape index (κ1) is 23.2. The van der Waals surface area contributed by atoms with Crippen LogP contribution in [-0.2, 0) is 4.79 Å². The van der Waals surface area contributed by atoms with E-state index < -0.39 is 0 Å². The SMILES string of the molecule is CC(C)N1CCC(C(=O)N2CCNCC2c2cccc(F)c2)CC1.Cl.Cl. The van der Waals surface area contributed by atoms with E-state index in [0.717, 1.165) is 38.0 Å². The van der Waals surface area contributed by atoms with Gasteiger partial charge >= 0.3 is 0 Å². The molecule has 0 saturated carbocycles. The molecule has 2 aliphatic rings. The summed E-state index contributed by atoms with van der Waals surface area (Å²) in [5.74, 6) is 0.110. The number of piperazine rings is 1. The first-order chi connectivity index (χ1) is 11.6. The minimum atomic E-state index is -0.240. The van der Waals surface area contributed by atoms with E-state index in [1.807, 2.05) is 11.0 Å². The third kappa shape index (κ3) is 5.32. The fourth-order valence-corrected chi connectivity index (χ4v) is 3.88. The van der Waals surface area contributed by atoms with E-state index in [4.69, 9.17) is 0 Å². The molecule has 1 atom stereocenters. The van der Waals surface area contributed by atoms with Crippen molar-refractivity contribution in [3.8, 4) is 0 Å². The van der Waals surface area contributed by atoms with Crippen molar-refractivity contribution in [2.75, 3.05) is 32.7 Å². The van der Waals surface area contributed by atoms with Crippen molar-refractivity contribution in [2.45, 2.75) is 38.8 Å². The minimum Gasteiger partial charge on any atom is -0.333 e. The first-order valence-corrected chi connectivity index (χ1v) is 9.07. The molecule has 1 aromatic carbocycles. The molecule has 4 nitrogen and oxygen atoms in total. The predicted molar refractivity (Wildman–Crippen MR) is 108 cm³/mol. The lowest BCUT2D eigenvalue weighted by atomic mass is 9.92. The number of piperidine rings is 1. The normalized spacial score (nSPS) is 21.8. The van der Waals surface area contributed by atoms with Gasteiger partial charge in [0.25, 0.3) is 0 Å². The summed E-state index contributed by atoms with van der Waals surface area (Å²) in [6.45, 7) is 8.60. The van der Waals surface area contributed by atoms with Gasteiger partial charge in [-0.1, -0.05) is 12.1 Å². The zero-order valence-corrected chi connectivity index (χ0v) is 17.1. The summed E-state index contributed by atoms with van der Waals surface area (Å²) in [6.07, 6.45) is 1.85. The predicted octanol–water partition coefficient (Wildman–Crippen LogP) is 3.26. The summed E-state index contributed by atoms with van der Waals surface area (Å²) in [4.78, 5) is 17.5. The van der Waals surface area contributed by atoms with Gasteiger partial charge in [-0.2, -0.15) is 0 Å². The Bertz CT molecular complexity index is 580. The zero-order chi connectivity index (χ0) is 17.1. The highest BCUT2D eigenvalue weighted by atomic mass is 35.5. The number of likely N-dealkylation sites (tertiary alicyclic amines) is 1. The van der Waals surface area contributed by atoms with Crippen LogP contribution in [-0.4, -0.2) is 54.5 Å². The van der Waals surface area contributed by atoms with Crippen molar-refractivity contribution in [2.24, 2.45) is 5.92 Å². The second kappa shape index (κ2) is 10.5. The molecule has 3 rings (SSSR count). The fraction of sp³-hybridized carbons (Fsp3) is 0.632. The van der Waals surface area contributed by atoms with Crippen LogP contribution in [0.4, 0.5) is 4.39 Å². The van der Waals surface area contributed by atoms with Gasteiger partial charge in [-0.25, -0.2) is 4.39 Å². The minimum absolute atomic E-state index is 0. The number of carbonyl (C=O) groups excluding carboxylic acids is 1. The Morgan fingerprint density at radius 2 is 1.88 bits per heavy atom. The number of nitrogens with one attached hydrogen (secondary N) is 1. The molecule has 7 heteroatoms. The maximum absolute atomic E-state index is 13.6. The van der Waals surface area contributed by atoms with Gasteiger partial charge in [0.05, 0.1) is 6.04 Å². The monoisotopic (exact) mass is 405 g/mol. The molecule has 1 aromatic rings. The van der Waals surface area contributed by atoms with Crippen LogP contribution in [0.25, 0.3) is 0 Å². The Labute approximate surface area is 168 Å². The lowest BCUT2D eigenvalue weighted by molar-refractivity contribution is -0.140. The Kier molecular flexibility index (Phi) is 9.31. The zero-order valence-electron chi connectivity index (χ0n) is 15.5. The van der Waals surface area contributed by atoms with Crippen LogP contribution in [0.1, 0.15) is 38.3 Å². The number of halogens is 3. The molecule has 0 aromatic heterocycles. The van der Waals surface area contributed by atoms with E-state index in [0.29, 0.717) is 19.1 Å². The quantitative estimate of drug-likeness (QED) is 0.837. The van der Waals surface area contributed by atoms with E-state index in [1.165, 1.54) is 6.07 Å². The van der Waals surface area contributed by atoms with Gasteiger partial charge in [0, 0.05) is 31.6 Å². The van der Waals surface area contributed by atoms with Crippen molar-refractivity contribution < 1.29 is 9.18 Å². The fourth-order valence-electron chi connectivity index (χ4n) is 3.88. The number of hydrogen-bond donors (Lipinski definition) is 1. The molecule has 1 amide bonds. The highest BCUT2D eigenvalue weighted by Crippen LogP contribution is 2.28. The third-order valence-electron chi connectivity index (χ3n) is 5.37. The molecule has 2 saturated heterocycles. The van der Waals surface area contributed by atoms with Crippen LogP contribution in [0.2, 0.25) is 0 Å². The summed E-state index contributed by atoms with van der Waals surface area (Å²) in [5, 5.41) is 3.34. The summed E-state index contributed by atoms with van der Waals surface area (Å²) >= 11 is 0. The lowest BCUT2D eigenvalue weighted by Crippen LogP contribution is -2.52. The molecule has 148 valence electrons. The molecule has 2 fully saturated rings. The molecular formula is C19H30Cl2FN3O. The molecule has 0 aliphatic carbocycles. The van der Waals surface area contributed by atoms with Crippen LogP contribution in [0.3, 0.4) is 0 Å². The van der Waals surface area contributed by atoms with Crippen LogP contribution in [0.15, 0.2) is 24.3 Å². The summed E-state index contributed by atoms with van der Waals surface area (Å²) in [7, 11) is 0. The van der Waals surface area contributed by atoms with Crippen LogP contribution < -0.4 is 5.32 Å². The van der Waals surface area contributed by atoms with Gasteiger partial charge in [-0.15, -0.1) is 24.8 Å². The third-order valence-corrected chi connectivity index (χ3v) is 5.37. The molecule has 2 aliphatic heterocycles. The van der Waals surface area contributed by atoms with Crippen LogP contribution in [0.5, 0.6) is 0 Å². The van der Waals surface area contributed by atoms with E-state index in [1.54, 1.807) is 12.1 Å². The highest BCUT2D eigenvalue weighted by molar-refractivity contribution is 5.85. The van der Waals surface area contributed by atoms with Gasteiger partial charge in [0.15, 0.2) is 0 Å². The number of amides is 1. The van der Waals surface area contributed by atoms with Crippen LogP contribution >= 0.6 is 24.8 Å². The lowest BCUT2D eigenvalue weighted by Gasteiger charge is -2.41. The molecule has 1 N–H and O–H groups in total. The van der Waals surface area contributed by atoms with Crippen molar-refractivity contribution in [3.05, 3.63) is 35.6 Å². The number of benzene rings is 1. The van der Waals surface area contributed by atoms with Crippen molar-refractivity contribution in [1.82, 2.24) is 15.1 Å². The Balaban J connectivity index is 0.00000169. The average molecular weight is 406 g/mol.